The first-order valence-corrected chi connectivity index (χ1v) is 10.8. The van der Waals surface area contributed by atoms with Gasteiger partial charge in [-0.2, -0.15) is 0 Å². The van der Waals surface area contributed by atoms with Crippen molar-refractivity contribution in [2.24, 2.45) is 0 Å². The summed E-state index contributed by atoms with van der Waals surface area (Å²) in [6.45, 7) is 4.74. The highest BCUT2D eigenvalue weighted by Gasteiger charge is 2.20. The van der Waals surface area contributed by atoms with Crippen LogP contribution in [0.3, 0.4) is 0 Å². The predicted octanol–water partition coefficient (Wildman–Crippen LogP) is 6.28. The van der Waals surface area contributed by atoms with E-state index in [9.17, 15) is 0 Å². The van der Waals surface area contributed by atoms with Crippen LogP contribution in [-0.2, 0) is 0 Å². The lowest BCUT2D eigenvalue weighted by Gasteiger charge is -2.24. The summed E-state index contributed by atoms with van der Waals surface area (Å²) in [6.07, 6.45) is 4.61. The molecule has 2 aromatic heterocycles. The van der Waals surface area contributed by atoms with Crippen LogP contribution in [0, 0.1) is 0 Å². The fourth-order valence-electron chi connectivity index (χ4n) is 4.43. The van der Waals surface area contributed by atoms with Crippen molar-refractivity contribution in [2.75, 3.05) is 20.2 Å². The summed E-state index contributed by atoms with van der Waals surface area (Å²) < 4.78 is 6.97. The Morgan fingerprint density at radius 1 is 1.04 bits per heavy atom. The smallest absolute Gasteiger partial charge is 0.127 e. The number of likely N-dealkylation sites (tertiary alicyclic amines) is 1. The number of hydrogen-bond acceptors (Lipinski definition) is 4. The molecule has 0 spiro atoms. The first-order chi connectivity index (χ1) is 13.8. The van der Waals surface area contributed by atoms with E-state index in [1.807, 2.05) is 12.3 Å². The molecule has 0 bridgehead atoms. The van der Waals surface area contributed by atoms with E-state index < -0.39 is 0 Å². The molecular formula is C24H24N2OS. The average molecular weight is 389 g/mol. The summed E-state index contributed by atoms with van der Waals surface area (Å²) in [5.41, 5.74) is 4.71. The molecule has 0 radical (unpaired) electrons. The molecule has 5 rings (SSSR count). The van der Waals surface area contributed by atoms with Crippen molar-refractivity contribution in [3.05, 3.63) is 59.6 Å². The number of methoxy groups -OCH3 is 1. The summed E-state index contributed by atoms with van der Waals surface area (Å²) in [5.74, 6) is 0.897. The van der Waals surface area contributed by atoms with Crippen molar-refractivity contribution in [1.82, 2.24) is 9.88 Å². The van der Waals surface area contributed by atoms with Gasteiger partial charge in [0.05, 0.1) is 17.3 Å². The zero-order valence-electron chi connectivity index (χ0n) is 16.3. The van der Waals surface area contributed by atoms with Gasteiger partial charge >= 0.3 is 0 Å². The van der Waals surface area contributed by atoms with E-state index in [0.717, 1.165) is 16.8 Å². The second-order valence-electron chi connectivity index (χ2n) is 7.53. The van der Waals surface area contributed by atoms with Crippen LogP contribution in [0.1, 0.15) is 31.4 Å². The van der Waals surface area contributed by atoms with Gasteiger partial charge in [0.2, 0.25) is 0 Å². The normalized spacial score (nSPS) is 16.1. The van der Waals surface area contributed by atoms with Crippen LogP contribution in [0.15, 0.2) is 54.0 Å². The minimum Gasteiger partial charge on any atom is -0.496 e. The third-order valence-electron chi connectivity index (χ3n) is 6.02. The van der Waals surface area contributed by atoms with Crippen molar-refractivity contribution in [1.29, 1.82) is 0 Å². The molecule has 1 aliphatic heterocycles. The third kappa shape index (κ3) is 2.88. The number of ether oxygens (including phenoxy) is 1. The lowest BCUT2D eigenvalue weighted by molar-refractivity contribution is 0.263. The highest BCUT2D eigenvalue weighted by molar-refractivity contribution is 7.17. The molecule has 4 heteroatoms. The monoisotopic (exact) mass is 388 g/mol. The Kier molecular flexibility index (Phi) is 4.53. The van der Waals surface area contributed by atoms with E-state index in [-0.39, 0.29) is 0 Å². The highest BCUT2D eigenvalue weighted by Crippen LogP contribution is 2.41. The molecule has 1 atom stereocenters. The predicted molar refractivity (Wildman–Crippen MR) is 118 cm³/mol. The van der Waals surface area contributed by atoms with Crippen molar-refractivity contribution in [3.63, 3.8) is 0 Å². The summed E-state index contributed by atoms with van der Waals surface area (Å²) in [4.78, 5) is 7.27. The Morgan fingerprint density at radius 2 is 1.82 bits per heavy atom. The standard InChI is InChI=1S/C24H24N2OS/c1-16(26-12-3-4-13-26)17-5-7-18(8-6-17)23-21(27-2)10-9-20-24(23)19-11-14-28-22(19)15-25-20/h5-11,14-16H,3-4,12-13H2,1-2H3. The second-order valence-corrected chi connectivity index (χ2v) is 8.48. The molecule has 1 aliphatic rings. The number of pyridine rings is 1. The lowest BCUT2D eigenvalue weighted by atomic mass is 9.95. The molecule has 1 fully saturated rings. The van der Waals surface area contributed by atoms with Crippen LogP contribution in [0.4, 0.5) is 0 Å². The van der Waals surface area contributed by atoms with Crippen LogP contribution < -0.4 is 4.74 Å². The SMILES string of the molecule is COc1ccc2ncc3sccc3c2c1-c1ccc(C(C)N2CCCC2)cc1. The molecule has 0 amide bonds. The van der Waals surface area contributed by atoms with Gasteiger partial charge in [0.25, 0.3) is 0 Å². The number of nitrogens with zero attached hydrogens (tertiary/aromatic N) is 2. The Labute approximate surface area is 169 Å². The van der Waals surface area contributed by atoms with Crippen LogP contribution in [0.2, 0.25) is 0 Å². The summed E-state index contributed by atoms with van der Waals surface area (Å²) in [7, 11) is 1.75. The molecule has 3 heterocycles. The zero-order valence-corrected chi connectivity index (χ0v) is 17.1. The maximum atomic E-state index is 5.76. The fourth-order valence-corrected chi connectivity index (χ4v) is 5.19. The maximum Gasteiger partial charge on any atom is 0.127 e. The van der Waals surface area contributed by atoms with Gasteiger partial charge in [-0.25, -0.2) is 0 Å². The van der Waals surface area contributed by atoms with E-state index in [2.05, 4.69) is 58.6 Å². The zero-order chi connectivity index (χ0) is 19.1. The van der Waals surface area contributed by atoms with E-state index in [0.29, 0.717) is 6.04 Å². The van der Waals surface area contributed by atoms with E-state index >= 15 is 0 Å². The molecule has 2 aromatic carbocycles. The molecule has 4 aromatic rings. The molecule has 142 valence electrons. The van der Waals surface area contributed by atoms with Gasteiger partial charge in [-0.05, 0) is 67.6 Å². The number of aromatic nitrogens is 1. The summed E-state index contributed by atoms with van der Waals surface area (Å²) in [6, 6.07) is 15.8. The molecule has 0 aliphatic carbocycles. The molecule has 0 N–H and O–H groups in total. The van der Waals surface area contributed by atoms with E-state index in [1.54, 1.807) is 18.4 Å². The summed E-state index contributed by atoms with van der Waals surface area (Å²) >= 11 is 1.73. The van der Waals surface area contributed by atoms with Crippen molar-refractivity contribution in [2.45, 2.75) is 25.8 Å². The number of benzene rings is 2. The summed E-state index contributed by atoms with van der Waals surface area (Å²) in [5, 5.41) is 4.56. The van der Waals surface area contributed by atoms with Crippen LogP contribution >= 0.6 is 11.3 Å². The maximum absolute atomic E-state index is 5.76. The van der Waals surface area contributed by atoms with Gasteiger partial charge in [-0.1, -0.05) is 24.3 Å². The lowest BCUT2D eigenvalue weighted by Crippen LogP contribution is -2.23. The van der Waals surface area contributed by atoms with Crippen molar-refractivity contribution >= 4 is 32.3 Å². The number of hydrogen-bond donors (Lipinski definition) is 0. The topological polar surface area (TPSA) is 25.4 Å². The minimum atomic E-state index is 0.469. The molecule has 1 saturated heterocycles. The van der Waals surface area contributed by atoms with Gasteiger partial charge in [0, 0.05) is 28.6 Å². The minimum absolute atomic E-state index is 0.469. The molecule has 28 heavy (non-hydrogen) atoms. The number of thiophene rings is 1. The van der Waals surface area contributed by atoms with Gasteiger partial charge < -0.3 is 4.74 Å². The highest BCUT2D eigenvalue weighted by atomic mass is 32.1. The van der Waals surface area contributed by atoms with Crippen molar-refractivity contribution in [3.8, 4) is 16.9 Å². The Hall–Kier alpha value is -2.43. The molecule has 1 unspecified atom stereocenters. The van der Waals surface area contributed by atoms with E-state index in [1.165, 1.54) is 52.5 Å². The number of rotatable bonds is 4. The van der Waals surface area contributed by atoms with E-state index in [4.69, 9.17) is 4.74 Å². The van der Waals surface area contributed by atoms with Crippen LogP contribution in [0.5, 0.6) is 5.75 Å². The molecular weight excluding hydrogens is 364 g/mol. The third-order valence-corrected chi connectivity index (χ3v) is 6.87. The van der Waals surface area contributed by atoms with Gasteiger partial charge in [-0.3, -0.25) is 9.88 Å². The first-order valence-electron chi connectivity index (χ1n) is 9.93. The molecule has 0 saturated carbocycles. The second kappa shape index (κ2) is 7.19. The van der Waals surface area contributed by atoms with Crippen LogP contribution in [0.25, 0.3) is 32.1 Å². The van der Waals surface area contributed by atoms with Gasteiger partial charge in [0.15, 0.2) is 0 Å². The fraction of sp³-hybridized carbons (Fsp3) is 0.292. The van der Waals surface area contributed by atoms with Crippen LogP contribution in [-0.4, -0.2) is 30.1 Å². The molecule has 3 nitrogen and oxygen atoms in total. The van der Waals surface area contributed by atoms with Gasteiger partial charge in [0.1, 0.15) is 5.75 Å². The quantitative estimate of drug-likeness (QED) is 0.411. The van der Waals surface area contributed by atoms with Crippen molar-refractivity contribution < 1.29 is 4.74 Å². The Balaban J connectivity index is 1.64. The van der Waals surface area contributed by atoms with Gasteiger partial charge in [-0.15, -0.1) is 11.3 Å². The largest absolute Gasteiger partial charge is 0.496 e. The number of fused-ring (bicyclic) bond motifs is 3. The Bertz CT molecular complexity index is 1130. The Morgan fingerprint density at radius 3 is 2.57 bits per heavy atom. The first kappa shape index (κ1) is 17.7. The average Bonchev–Trinajstić information content (AvgIpc) is 3.44.